The lowest BCUT2D eigenvalue weighted by molar-refractivity contribution is 0.103. The maximum Gasteiger partial charge on any atom is 0.206 e. The molecule has 4 heteroatoms. The molecule has 5 rings (SSSR count). The van der Waals surface area contributed by atoms with Gasteiger partial charge in [-0.15, -0.1) is 0 Å². The zero-order valence-corrected chi connectivity index (χ0v) is 16.8. The smallest absolute Gasteiger partial charge is 0.206 e. The van der Waals surface area contributed by atoms with Gasteiger partial charge in [0.05, 0.1) is 24.9 Å². The van der Waals surface area contributed by atoms with E-state index in [0.29, 0.717) is 12.5 Å². The van der Waals surface area contributed by atoms with E-state index in [0.717, 1.165) is 60.4 Å². The first-order chi connectivity index (χ1) is 14.2. The van der Waals surface area contributed by atoms with E-state index >= 15 is 0 Å². The molecule has 2 aliphatic heterocycles. The van der Waals surface area contributed by atoms with Crippen LogP contribution in [-0.2, 0) is 13.1 Å². The number of Topliss-reactive ketones (excluding diaryl/α,β-unsaturated/α-hetero) is 1. The average Bonchev–Trinajstić information content (AvgIpc) is 3.27. The van der Waals surface area contributed by atoms with E-state index < -0.39 is 0 Å². The minimum absolute atomic E-state index is 0.176. The predicted molar refractivity (Wildman–Crippen MR) is 115 cm³/mol. The number of methoxy groups -OCH3 is 1. The highest BCUT2D eigenvalue weighted by molar-refractivity contribution is 6.13. The summed E-state index contributed by atoms with van der Waals surface area (Å²) in [6.45, 7) is 3.87. The van der Waals surface area contributed by atoms with Crippen LogP contribution in [0.1, 0.15) is 28.9 Å². The van der Waals surface area contributed by atoms with Crippen LogP contribution in [0, 0.1) is 5.92 Å². The van der Waals surface area contributed by atoms with Crippen LogP contribution in [0.4, 0.5) is 0 Å². The zero-order chi connectivity index (χ0) is 19.8. The highest BCUT2D eigenvalue weighted by Crippen LogP contribution is 2.34. The Morgan fingerprint density at radius 2 is 1.86 bits per heavy atom. The second-order valence-corrected chi connectivity index (χ2v) is 8.13. The number of ketones is 1. The quantitative estimate of drug-likeness (QED) is 0.611. The number of hydrogen-bond acceptors (Lipinski definition) is 3. The molecule has 148 valence electrons. The van der Waals surface area contributed by atoms with Crippen LogP contribution in [0.5, 0.6) is 5.75 Å². The topological polar surface area (TPSA) is 34.5 Å². The molecule has 0 N–H and O–H groups in total. The van der Waals surface area contributed by atoms with Gasteiger partial charge in [-0.05, 0) is 55.6 Å². The summed E-state index contributed by atoms with van der Waals surface area (Å²) in [5.41, 5.74) is 4.19. The molecular formula is C25H26N2O2. The van der Waals surface area contributed by atoms with Crippen LogP contribution in [-0.4, -0.2) is 35.4 Å². The summed E-state index contributed by atoms with van der Waals surface area (Å²) in [5, 5.41) is 1.02. The monoisotopic (exact) mass is 386 g/mol. The van der Waals surface area contributed by atoms with E-state index in [1.165, 1.54) is 5.56 Å². The lowest BCUT2D eigenvalue weighted by atomic mass is 9.93. The number of aromatic nitrogens is 1. The zero-order valence-electron chi connectivity index (χ0n) is 16.8. The Labute approximate surface area is 171 Å². The summed E-state index contributed by atoms with van der Waals surface area (Å²) in [5.74, 6) is 1.50. The van der Waals surface area contributed by atoms with E-state index in [-0.39, 0.29) is 5.78 Å². The van der Waals surface area contributed by atoms with E-state index in [1.807, 2.05) is 18.2 Å². The van der Waals surface area contributed by atoms with Gasteiger partial charge in [0.2, 0.25) is 5.78 Å². The third kappa shape index (κ3) is 3.38. The Morgan fingerprint density at radius 1 is 1.07 bits per heavy atom. The minimum Gasteiger partial charge on any atom is -0.496 e. The van der Waals surface area contributed by atoms with E-state index in [2.05, 4.69) is 51.9 Å². The molecular weight excluding hydrogens is 360 g/mol. The predicted octanol–water partition coefficient (Wildman–Crippen LogP) is 4.68. The molecule has 0 bridgehead atoms. The molecule has 3 heterocycles. The molecule has 0 atom stereocenters. The summed E-state index contributed by atoms with van der Waals surface area (Å²) >= 11 is 0. The van der Waals surface area contributed by atoms with Crippen molar-refractivity contribution >= 4 is 16.7 Å². The van der Waals surface area contributed by atoms with E-state index in [1.54, 1.807) is 7.11 Å². The molecule has 1 fully saturated rings. The van der Waals surface area contributed by atoms with Gasteiger partial charge in [-0.25, -0.2) is 0 Å². The molecule has 4 nitrogen and oxygen atoms in total. The fourth-order valence-corrected chi connectivity index (χ4v) is 4.73. The number of hydrogen-bond donors (Lipinski definition) is 0. The highest BCUT2D eigenvalue weighted by Gasteiger charge is 2.29. The summed E-state index contributed by atoms with van der Waals surface area (Å²) in [7, 11) is 1.68. The highest BCUT2D eigenvalue weighted by atomic mass is 16.5. The van der Waals surface area contributed by atoms with Gasteiger partial charge in [-0.2, -0.15) is 0 Å². The van der Waals surface area contributed by atoms with Gasteiger partial charge in [-0.1, -0.05) is 42.5 Å². The lowest BCUT2D eigenvalue weighted by Crippen LogP contribution is -2.32. The maximum atomic E-state index is 13.0. The molecule has 1 aromatic heterocycles. The van der Waals surface area contributed by atoms with E-state index in [4.69, 9.17) is 4.74 Å². The Morgan fingerprint density at radius 3 is 2.62 bits per heavy atom. The Hall–Kier alpha value is -2.85. The maximum absolute atomic E-state index is 13.0. The number of allylic oxidation sites excluding steroid dienone is 2. The van der Waals surface area contributed by atoms with Crippen molar-refractivity contribution in [1.29, 1.82) is 0 Å². The van der Waals surface area contributed by atoms with Crippen LogP contribution in [0.3, 0.4) is 0 Å². The molecule has 0 aliphatic carbocycles. The summed E-state index contributed by atoms with van der Waals surface area (Å²) < 4.78 is 7.59. The van der Waals surface area contributed by atoms with Gasteiger partial charge >= 0.3 is 0 Å². The van der Waals surface area contributed by atoms with Crippen molar-refractivity contribution in [3.8, 4) is 5.75 Å². The van der Waals surface area contributed by atoms with Crippen molar-refractivity contribution in [3.63, 3.8) is 0 Å². The fraction of sp³-hybridized carbons (Fsp3) is 0.320. The van der Waals surface area contributed by atoms with Gasteiger partial charge in [0, 0.05) is 17.5 Å². The molecule has 0 unspecified atom stereocenters. The number of rotatable bonds is 4. The molecule has 0 radical (unpaired) electrons. The second kappa shape index (κ2) is 7.53. The first-order valence-corrected chi connectivity index (χ1v) is 10.4. The normalized spacial score (nSPS) is 19.2. The SMILES string of the molecule is COc1cccc2c1cc1n2C/C(=C/C2CCN(Cc3ccccc3)CC2)C1=O. The average molecular weight is 386 g/mol. The number of piperidine rings is 1. The third-order valence-electron chi connectivity index (χ3n) is 6.30. The van der Waals surface area contributed by atoms with Crippen molar-refractivity contribution in [2.75, 3.05) is 20.2 Å². The Bertz CT molecular complexity index is 1070. The van der Waals surface area contributed by atoms with Crippen LogP contribution in [0.25, 0.3) is 10.9 Å². The van der Waals surface area contributed by atoms with Gasteiger partial charge in [0.1, 0.15) is 5.75 Å². The van der Waals surface area contributed by atoms with Gasteiger partial charge in [-0.3, -0.25) is 9.69 Å². The first kappa shape index (κ1) is 18.2. The third-order valence-corrected chi connectivity index (χ3v) is 6.30. The second-order valence-electron chi connectivity index (χ2n) is 8.13. The summed E-state index contributed by atoms with van der Waals surface area (Å²) in [4.78, 5) is 15.5. The molecule has 2 aliphatic rings. The Balaban J connectivity index is 1.28. The van der Waals surface area contributed by atoms with Crippen LogP contribution >= 0.6 is 0 Å². The van der Waals surface area contributed by atoms with Crippen LogP contribution in [0.15, 0.2) is 66.2 Å². The largest absolute Gasteiger partial charge is 0.496 e. The minimum atomic E-state index is 0.176. The molecule has 1 saturated heterocycles. The van der Waals surface area contributed by atoms with Crippen molar-refractivity contribution in [2.24, 2.45) is 5.92 Å². The number of fused-ring (bicyclic) bond motifs is 3. The fourth-order valence-electron chi connectivity index (χ4n) is 4.73. The van der Waals surface area contributed by atoms with Crippen molar-refractivity contribution in [1.82, 2.24) is 9.47 Å². The van der Waals surface area contributed by atoms with Crippen molar-refractivity contribution < 1.29 is 9.53 Å². The molecule has 29 heavy (non-hydrogen) atoms. The number of nitrogens with zero attached hydrogens (tertiary/aromatic N) is 2. The number of carbonyl (C=O) groups excluding carboxylic acids is 1. The molecule has 2 aromatic carbocycles. The Kier molecular flexibility index (Phi) is 4.72. The summed E-state index contributed by atoms with van der Waals surface area (Å²) in [6.07, 6.45) is 4.49. The van der Waals surface area contributed by atoms with Crippen LogP contribution in [0.2, 0.25) is 0 Å². The molecule has 3 aromatic rings. The number of benzene rings is 2. The first-order valence-electron chi connectivity index (χ1n) is 10.4. The number of carbonyl (C=O) groups is 1. The lowest BCUT2D eigenvalue weighted by Gasteiger charge is -2.30. The van der Waals surface area contributed by atoms with Gasteiger partial charge < -0.3 is 9.30 Å². The molecule has 0 spiro atoms. The van der Waals surface area contributed by atoms with Crippen LogP contribution < -0.4 is 4.74 Å². The standard InChI is InChI=1S/C25H26N2O2/c1-29-24-9-5-8-22-21(24)15-23-25(28)20(17-27(22)23)14-18-10-12-26(13-11-18)16-19-6-3-2-4-7-19/h2-9,14-15,18H,10-13,16-17H2,1H3/b20-14-. The summed E-state index contributed by atoms with van der Waals surface area (Å²) in [6, 6.07) is 18.7. The number of ether oxygens (including phenoxy) is 1. The molecule has 0 amide bonds. The number of likely N-dealkylation sites (tertiary alicyclic amines) is 1. The van der Waals surface area contributed by atoms with Gasteiger partial charge in [0.15, 0.2) is 0 Å². The molecule has 0 saturated carbocycles. The van der Waals surface area contributed by atoms with E-state index in [9.17, 15) is 4.79 Å². The van der Waals surface area contributed by atoms with Crippen molar-refractivity contribution in [3.05, 3.63) is 77.5 Å². The van der Waals surface area contributed by atoms with Gasteiger partial charge in [0.25, 0.3) is 0 Å². The van der Waals surface area contributed by atoms with Crippen molar-refractivity contribution in [2.45, 2.75) is 25.9 Å².